The van der Waals surface area contributed by atoms with Crippen molar-refractivity contribution < 1.29 is 4.79 Å². The van der Waals surface area contributed by atoms with Crippen LogP contribution in [0.5, 0.6) is 0 Å². The summed E-state index contributed by atoms with van der Waals surface area (Å²) in [6, 6.07) is 5.18. The molecule has 3 nitrogen and oxygen atoms in total. The van der Waals surface area contributed by atoms with Crippen molar-refractivity contribution in [2.24, 2.45) is 0 Å². The SMILES string of the molecule is CC(C)N(C)C(=O)c1c(N)cccc1Cl. The number of nitrogens with two attached hydrogens (primary N) is 1. The lowest BCUT2D eigenvalue weighted by Crippen LogP contribution is -2.33. The molecule has 0 saturated carbocycles. The topological polar surface area (TPSA) is 46.3 Å². The van der Waals surface area contributed by atoms with Crippen molar-refractivity contribution in [3.8, 4) is 0 Å². The molecule has 15 heavy (non-hydrogen) atoms. The molecule has 0 aliphatic carbocycles. The van der Waals surface area contributed by atoms with E-state index >= 15 is 0 Å². The van der Waals surface area contributed by atoms with E-state index in [4.69, 9.17) is 17.3 Å². The number of halogens is 1. The van der Waals surface area contributed by atoms with Crippen LogP contribution in [-0.2, 0) is 0 Å². The monoisotopic (exact) mass is 226 g/mol. The third-order valence-corrected chi connectivity index (χ3v) is 2.67. The number of carbonyl (C=O) groups is 1. The number of rotatable bonds is 2. The van der Waals surface area contributed by atoms with Crippen LogP contribution in [0.15, 0.2) is 18.2 Å². The molecule has 0 fully saturated rings. The molecule has 0 aliphatic heterocycles. The Morgan fingerprint density at radius 2 is 2.07 bits per heavy atom. The van der Waals surface area contributed by atoms with Gasteiger partial charge in [0.2, 0.25) is 0 Å². The fourth-order valence-corrected chi connectivity index (χ4v) is 1.44. The van der Waals surface area contributed by atoms with Crippen LogP contribution in [0.3, 0.4) is 0 Å². The van der Waals surface area contributed by atoms with Crippen LogP contribution in [0.1, 0.15) is 24.2 Å². The third-order valence-electron chi connectivity index (χ3n) is 2.35. The van der Waals surface area contributed by atoms with Gasteiger partial charge in [-0.2, -0.15) is 0 Å². The van der Waals surface area contributed by atoms with Gasteiger partial charge in [-0.1, -0.05) is 17.7 Å². The van der Waals surface area contributed by atoms with Crippen LogP contribution in [-0.4, -0.2) is 23.9 Å². The van der Waals surface area contributed by atoms with Gasteiger partial charge in [0.25, 0.3) is 5.91 Å². The molecule has 4 heteroatoms. The lowest BCUT2D eigenvalue weighted by Gasteiger charge is -2.22. The first-order valence-electron chi connectivity index (χ1n) is 4.76. The minimum Gasteiger partial charge on any atom is -0.398 e. The number of amides is 1. The first-order chi connectivity index (χ1) is 6.95. The van der Waals surface area contributed by atoms with Gasteiger partial charge in [0.05, 0.1) is 10.6 Å². The highest BCUT2D eigenvalue weighted by Crippen LogP contribution is 2.23. The van der Waals surface area contributed by atoms with E-state index < -0.39 is 0 Å². The van der Waals surface area contributed by atoms with Crippen molar-refractivity contribution >= 4 is 23.2 Å². The summed E-state index contributed by atoms with van der Waals surface area (Å²) in [7, 11) is 1.73. The maximum Gasteiger partial charge on any atom is 0.257 e. The summed E-state index contributed by atoms with van der Waals surface area (Å²) in [5.74, 6) is -0.145. The molecule has 0 bridgehead atoms. The molecule has 0 radical (unpaired) electrons. The molecule has 0 unspecified atom stereocenters. The van der Waals surface area contributed by atoms with Gasteiger partial charge in [0.15, 0.2) is 0 Å². The molecule has 0 aliphatic rings. The fraction of sp³-hybridized carbons (Fsp3) is 0.364. The first-order valence-corrected chi connectivity index (χ1v) is 5.14. The van der Waals surface area contributed by atoms with Gasteiger partial charge in [-0.25, -0.2) is 0 Å². The van der Waals surface area contributed by atoms with E-state index in [9.17, 15) is 4.79 Å². The van der Waals surface area contributed by atoms with E-state index in [-0.39, 0.29) is 11.9 Å². The summed E-state index contributed by atoms with van der Waals surface area (Å²) in [5, 5.41) is 0.396. The summed E-state index contributed by atoms with van der Waals surface area (Å²) in [6.07, 6.45) is 0. The van der Waals surface area contributed by atoms with Crippen molar-refractivity contribution in [2.75, 3.05) is 12.8 Å². The third kappa shape index (κ3) is 2.42. The predicted molar refractivity (Wildman–Crippen MR) is 63.1 cm³/mol. The molecule has 0 spiro atoms. The van der Waals surface area contributed by atoms with Gasteiger partial charge in [-0.3, -0.25) is 4.79 Å². The number of benzene rings is 1. The Labute approximate surface area is 94.8 Å². The molecule has 0 heterocycles. The summed E-state index contributed by atoms with van der Waals surface area (Å²) < 4.78 is 0. The van der Waals surface area contributed by atoms with Crippen molar-refractivity contribution in [1.29, 1.82) is 0 Å². The molecule has 1 aromatic rings. The lowest BCUT2D eigenvalue weighted by molar-refractivity contribution is 0.0756. The lowest BCUT2D eigenvalue weighted by atomic mass is 10.1. The van der Waals surface area contributed by atoms with E-state index in [1.165, 1.54) is 0 Å². The predicted octanol–water partition coefficient (Wildman–Crippen LogP) is 2.40. The molecule has 1 rings (SSSR count). The van der Waals surface area contributed by atoms with Crippen LogP contribution in [0.4, 0.5) is 5.69 Å². The Bertz CT molecular complexity index is 357. The van der Waals surface area contributed by atoms with Gasteiger partial charge >= 0.3 is 0 Å². The standard InChI is InChI=1S/C11H15ClN2O/c1-7(2)14(3)11(15)10-8(12)5-4-6-9(10)13/h4-7H,13H2,1-3H3. The van der Waals surface area contributed by atoms with E-state index in [2.05, 4.69) is 0 Å². The zero-order chi connectivity index (χ0) is 11.6. The Morgan fingerprint density at radius 1 is 1.47 bits per heavy atom. The van der Waals surface area contributed by atoms with E-state index in [0.29, 0.717) is 16.3 Å². The summed E-state index contributed by atoms with van der Waals surface area (Å²) in [6.45, 7) is 3.87. The molecule has 1 amide bonds. The number of nitrogens with zero attached hydrogens (tertiary/aromatic N) is 1. The quantitative estimate of drug-likeness (QED) is 0.788. The number of carbonyl (C=O) groups excluding carboxylic acids is 1. The van der Waals surface area contributed by atoms with E-state index in [0.717, 1.165) is 0 Å². The van der Waals surface area contributed by atoms with Gasteiger partial charge in [-0.05, 0) is 26.0 Å². The Balaban J connectivity index is 3.11. The molecule has 0 atom stereocenters. The van der Waals surface area contributed by atoms with Gasteiger partial charge < -0.3 is 10.6 Å². The second-order valence-corrected chi connectivity index (χ2v) is 4.12. The van der Waals surface area contributed by atoms with Crippen LogP contribution >= 0.6 is 11.6 Å². The highest BCUT2D eigenvalue weighted by Gasteiger charge is 2.19. The second-order valence-electron chi connectivity index (χ2n) is 3.71. The highest BCUT2D eigenvalue weighted by atomic mass is 35.5. The Kier molecular flexibility index (Phi) is 3.58. The number of nitrogen functional groups attached to an aromatic ring is 1. The zero-order valence-corrected chi connectivity index (χ0v) is 9.88. The maximum absolute atomic E-state index is 12.0. The smallest absolute Gasteiger partial charge is 0.257 e. The first kappa shape index (κ1) is 11.9. The molecular weight excluding hydrogens is 212 g/mol. The molecule has 0 saturated heterocycles. The van der Waals surface area contributed by atoms with Crippen molar-refractivity contribution in [3.05, 3.63) is 28.8 Å². The van der Waals surface area contributed by atoms with Crippen LogP contribution in [0, 0.1) is 0 Å². The number of hydrogen-bond donors (Lipinski definition) is 1. The Hall–Kier alpha value is -1.22. The zero-order valence-electron chi connectivity index (χ0n) is 9.12. The van der Waals surface area contributed by atoms with E-state index in [1.807, 2.05) is 13.8 Å². The van der Waals surface area contributed by atoms with Gasteiger partial charge in [0, 0.05) is 18.8 Å². The molecule has 0 aromatic heterocycles. The maximum atomic E-state index is 12.0. The highest BCUT2D eigenvalue weighted by molar-refractivity contribution is 6.34. The summed E-state index contributed by atoms with van der Waals surface area (Å²) in [5.41, 5.74) is 6.53. The summed E-state index contributed by atoms with van der Waals surface area (Å²) >= 11 is 5.95. The second kappa shape index (κ2) is 4.53. The average molecular weight is 227 g/mol. The van der Waals surface area contributed by atoms with Crippen molar-refractivity contribution in [1.82, 2.24) is 4.90 Å². The fourth-order valence-electron chi connectivity index (χ4n) is 1.18. The van der Waals surface area contributed by atoms with Crippen LogP contribution in [0.25, 0.3) is 0 Å². The van der Waals surface area contributed by atoms with Crippen LogP contribution in [0.2, 0.25) is 5.02 Å². The van der Waals surface area contributed by atoms with Crippen molar-refractivity contribution in [2.45, 2.75) is 19.9 Å². The molecule has 1 aromatic carbocycles. The largest absolute Gasteiger partial charge is 0.398 e. The minimum atomic E-state index is -0.145. The van der Waals surface area contributed by atoms with Crippen LogP contribution < -0.4 is 5.73 Å². The molecule has 2 N–H and O–H groups in total. The average Bonchev–Trinajstić information content (AvgIpc) is 2.15. The van der Waals surface area contributed by atoms with Gasteiger partial charge in [0.1, 0.15) is 0 Å². The minimum absolute atomic E-state index is 0.119. The summed E-state index contributed by atoms with van der Waals surface area (Å²) in [4.78, 5) is 13.6. The molecular formula is C11H15ClN2O. The normalized spacial score (nSPS) is 10.5. The van der Waals surface area contributed by atoms with E-state index in [1.54, 1.807) is 30.1 Å². The molecule has 82 valence electrons. The number of hydrogen-bond acceptors (Lipinski definition) is 2. The van der Waals surface area contributed by atoms with Gasteiger partial charge in [-0.15, -0.1) is 0 Å². The number of anilines is 1. The van der Waals surface area contributed by atoms with Crippen molar-refractivity contribution in [3.63, 3.8) is 0 Å². The Morgan fingerprint density at radius 3 is 2.53 bits per heavy atom.